The summed E-state index contributed by atoms with van der Waals surface area (Å²) in [5, 5.41) is 6.76. The molecule has 0 radical (unpaired) electrons. The fraction of sp³-hybridized carbons (Fsp3) is 0.182. The van der Waals surface area contributed by atoms with Gasteiger partial charge in [-0.15, -0.1) is 11.3 Å². The van der Waals surface area contributed by atoms with Gasteiger partial charge in [0.15, 0.2) is 11.7 Å². The van der Waals surface area contributed by atoms with E-state index in [-0.39, 0.29) is 19.0 Å². The number of aromatic nitrogens is 1. The highest BCUT2D eigenvalue weighted by molar-refractivity contribution is 7.13. The van der Waals surface area contributed by atoms with Crippen LogP contribution in [0.4, 0.5) is 5.13 Å². The lowest BCUT2D eigenvalue weighted by Gasteiger charge is -2.07. The fourth-order valence-corrected chi connectivity index (χ4v) is 3.79. The summed E-state index contributed by atoms with van der Waals surface area (Å²) in [6.07, 6.45) is 0.0493. The number of carbonyl (C=O) groups excluding carboxylic acids is 2. The van der Waals surface area contributed by atoms with Crippen molar-refractivity contribution in [3.8, 4) is 5.75 Å². The van der Waals surface area contributed by atoms with Crippen molar-refractivity contribution < 1.29 is 23.5 Å². The van der Waals surface area contributed by atoms with Crippen molar-refractivity contribution >= 4 is 50.1 Å². The van der Waals surface area contributed by atoms with Gasteiger partial charge in [0.25, 0.3) is 5.91 Å². The van der Waals surface area contributed by atoms with Crippen LogP contribution >= 0.6 is 11.3 Å². The second kappa shape index (κ2) is 8.97. The summed E-state index contributed by atoms with van der Waals surface area (Å²) in [7, 11) is 0. The van der Waals surface area contributed by atoms with Gasteiger partial charge in [-0.1, -0.05) is 18.2 Å². The van der Waals surface area contributed by atoms with Gasteiger partial charge in [-0.05, 0) is 30.5 Å². The number of benzene rings is 2. The number of thiazole rings is 1. The molecule has 2 aromatic heterocycles. The first-order valence-corrected chi connectivity index (χ1v) is 10.4. The SMILES string of the molecule is CCOC(=O)Cc1csc(NC(=O)COc2ccc3c(c2)oc(=O)c2ccccc23)n1. The van der Waals surface area contributed by atoms with Gasteiger partial charge in [0.05, 0.1) is 24.1 Å². The molecule has 158 valence electrons. The molecule has 31 heavy (non-hydrogen) atoms. The largest absolute Gasteiger partial charge is 0.484 e. The Morgan fingerprint density at radius 2 is 1.94 bits per heavy atom. The van der Waals surface area contributed by atoms with Crippen molar-refractivity contribution in [2.24, 2.45) is 0 Å². The molecular weight excluding hydrogens is 420 g/mol. The molecule has 0 atom stereocenters. The van der Waals surface area contributed by atoms with E-state index in [9.17, 15) is 14.4 Å². The number of nitrogens with one attached hydrogen (secondary N) is 1. The van der Waals surface area contributed by atoms with E-state index in [1.54, 1.807) is 42.6 Å². The summed E-state index contributed by atoms with van der Waals surface area (Å²) in [5.41, 5.74) is 0.474. The summed E-state index contributed by atoms with van der Waals surface area (Å²) in [6.45, 7) is 1.78. The van der Waals surface area contributed by atoms with Gasteiger partial charge in [0.2, 0.25) is 0 Å². The van der Waals surface area contributed by atoms with Crippen LogP contribution in [0.5, 0.6) is 5.75 Å². The molecule has 1 N–H and O–H groups in total. The van der Waals surface area contributed by atoms with Crippen molar-refractivity contribution in [1.29, 1.82) is 0 Å². The number of fused-ring (bicyclic) bond motifs is 3. The van der Waals surface area contributed by atoms with Crippen molar-refractivity contribution in [3.63, 3.8) is 0 Å². The van der Waals surface area contributed by atoms with Crippen LogP contribution in [-0.4, -0.2) is 30.1 Å². The number of esters is 1. The minimum Gasteiger partial charge on any atom is -0.484 e. The zero-order chi connectivity index (χ0) is 21.8. The Balaban J connectivity index is 1.40. The van der Waals surface area contributed by atoms with Gasteiger partial charge >= 0.3 is 11.6 Å². The number of nitrogens with zero attached hydrogens (tertiary/aromatic N) is 1. The van der Waals surface area contributed by atoms with Gasteiger partial charge in [0.1, 0.15) is 11.3 Å². The van der Waals surface area contributed by atoms with E-state index in [0.717, 1.165) is 10.8 Å². The van der Waals surface area contributed by atoms with Crippen LogP contribution in [0.15, 0.2) is 57.1 Å². The quantitative estimate of drug-likeness (QED) is 0.267. The Kier molecular flexibility index (Phi) is 5.94. The van der Waals surface area contributed by atoms with E-state index >= 15 is 0 Å². The van der Waals surface area contributed by atoms with Crippen LogP contribution in [0.3, 0.4) is 0 Å². The van der Waals surface area contributed by atoms with Gasteiger partial charge < -0.3 is 13.9 Å². The molecule has 0 fully saturated rings. The van der Waals surface area contributed by atoms with Crippen LogP contribution in [0, 0.1) is 0 Å². The zero-order valence-electron chi connectivity index (χ0n) is 16.5. The van der Waals surface area contributed by atoms with Crippen molar-refractivity contribution in [3.05, 3.63) is 64.0 Å². The molecular formula is C22H18N2O6S. The first kappa shape index (κ1) is 20.5. The predicted octanol–water partition coefficient (Wildman–Crippen LogP) is 3.53. The normalized spacial score (nSPS) is 10.9. The fourth-order valence-electron chi connectivity index (χ4n) is 3.06. The monoisotopic (exact) mass is 438 g/mol. The number of amides is 1. The lowest BCUT2D eigenvalue weighted by molar-refractivity contribution is -0.142. The average Bonchev–Trinajstić information content (AvgIpc) is 3.19. The van der Waals surface area contributed by atoms with Crippen LogP contribution in [0.1, 0.15) is 12.6 Å². The van der Waals surface area contributed by atoms with Crippen LogP contribution in [0.25, 0.3) is 21.7 Å². The van der Waals surface area contributed by atoms with Crippen LogP contribution in [-0.2, 0) is 20.7 Å². The predicted molar refractivity (Wildman–Crippen MR) is 117 cm³/mol. The lowest BCUT2D eigenvalue weighted by Crippen LogP contribution is -2.20. The molecule has 0 saturated carbocycles. The lowest BCUT2D eigenvalue weighted by atomic mass is 10.1. The molecule has 4 aromatic rings. The molecule has 9 heteroatoms. The Morgan fingerprint density at radius 3 is 2.74 bits per heavy atom. The number of hydrogen-bond acceptors (Lipinski definition) is 8. The first-order chi connectivity index (χ1) is 15.0. The minimum absolute atomic E-state index is 0.0493. The van der Waals surface area contributed by atoms with Gasteiger partial charge in [-0.25, -0.2) is 9.78 Å². The molecule has 2 aromatic carbocycles. The highest BCUT2D eigenvalue weighted by Crippen LogP contribution is 2.26. The maximum Gasteiger partial charge on any atom is 0.344 e. The molecule has 0 aliphatic carbocycles. The van der Waals surface area contributed by atoms with Crippen LogP contribution in [0.2, 0.25) is 0 Å². The maximum absolute atomic E-state index is 12.2. The molecule has 2 heterocycles. The number of hydrogen-bond donors (Lipinski definition) is 1. The molecule has 4 rings (SSSR count). The first-order valence-electron chi connectivity index (χ1n) is 9.52. The summed E-state index contributed by atoms with van der Waals surface area (Å²) >= 11 is 1.21. The van der Waals surface area contributed by atoms with Gasteiger partial charge in [-0.2, -0.15) is 0 Å². The number of carbonyl (C=O) groups is 2. The Hall–Kier alpha value is -3.72. The molecule has 1 amide bonds. The van der Waals surface area contributed by atoms with E-state index in [0.29, 0.717) is 34.2 Å². The highest BCUT2D eigenvalue weighted by atomic mass is 32.1. The third-order valence-corrected chi connectivity index (χ3v) is 5.20. The topological polar surface area (TPSA) is 108 Å². The molecule has 0 spiro atoms. The van der Waals surface area contributed by atoms with Crippen molar-refractivity contribution in [2.45, 2.75) is 13.3 Å². The summed E-state index contributed by atoms with van der Waals surface area (Å²) in [4.78, 5) is 40.0. The summed E-state index contributed by atoms with van der Waals surface area (Å²) in [5.74, 6) is -0.384. The van der Waals surface area contributed by atoms with E-state index in [1.807, 2.05) is 12.1 Å². The van der Waals surface area contributed by atoms with E-state index < -0.39 is 11.5 Å². The summed E-state index contributed by atoms with van der Waals surface area (Å²) < 4.78 is 15.8. The number of rotatable bonds is 7. The highest BCUT2D eigenvalue weighted by Gasteiger charge is 2.12. The molecule has 0 unspecified atom stereocenters. The Morgan fingerprint density at radius 1 is 1.13 bits per heavy atom. The second-order valence-electron chi connectivity index (χ2n) is 6.56. The smallest absolute Gasteiger partial charge is 0.344 e. The van der Waals surface area contributed by atoms with Gasteiger partial charge in [-0.3, -0.25) is 14.9 Å². The van der Waals surface area contributed by atoms with E-state index in [4.69, 9.17) is 13.9 Å². The molecule has 0 saturated heterocycles. The second-order valence-corrected chi connectivity index (χ2v) is 7.41. The Labute approximate surface area is 180 Å². The average molecular weight is 438 g/mol. The van der Waals surface area contributed by atoms with Crippen LogP contribution < -0.4 is 15.7 Å². The molecule has 0 aliphatic rings. The van der Waals surface area contributed by atoms with E-state index in [2.05, 4.69) is 10.3 Å². The molecule has 8 nitrogen and oxygen atoms in total. The minimum atomic E-state index is -0.430. The summed E-state index contributed by atoms with van der Waals surface area (Å²) in [6, 6.07) is 12.3. The Bertz CT molecular complexity index is 1330. The van der Waals surface area contributed by atoms with Gasteiger partial charge in [0, 0.05) is 16.8 Å². The van der Waals surface area contributed by atoms with E-state index in [1.165, 1.54) is 11.3 Å². The van der Waals surface area contributed by atoms with Crippen molar-refractivity contribution in [2.75, 3.05) is 18.5 Å². The number of anilines is 1. The molecule has 0 bridgehead atoms. The maximum atomic E-state index is 12.2. The van der Waals surface area contributed by atoms with Crippen molar-refractivity contribution in [1.82, 2.24) is 4.98 Å². The zero-order valence-corrected chi connectivity index (χ0v) is 17.4. The third-order valence-electron chi connectivity index (χ3n) is 4.39. The standard InChI is InChI=1S/C22H18N2O6S/c1-2-28-20(26)9-13-12-31-22(23-13)24-19(25)11-29-14-7-8-16-15-5-3-4-6-17(15)21(27)30-18(16)10-14/h3-8,10,12H,2,9,11H2,1H3,(H,23,24,25). The number of ether oxygens (including phenoxy) is 2. The third kappa shape index (κ3) is 4.72. The molecule has 0 aliphatic heterocycles.